The van der Waals surface area contributed by atoms with Crippen LogP contribution in [0.5, 0.6) is 0 Å². The summed E-state index contributed by atoms with van der Waals surface area (Å²) in [5.74, 6) is -0.198. The standard InChI is InChI=1S/C23H29N3O3S/c27-21(18-6-8-19(9-7-18)25-22(28)20-5-4-16-30-20)24-17-23(10-2-1-3-11-23)26-12-14-29-15-13-26/h4-9,16H,1-3,10-15,17H2,(H,24,27)(H,25,28). The molecule has 0 radical (unpaired) electrons. The number of anilines is 1. The van der Waals surface area contributed by atoms with Gasteiger partial charge in [-0.15, -0.1) is 11.3 Å². The van der Waals surface area contributed by atoms with Crippen molar-refractivity contribution in [2.75, 3.05) is 38.2 Å². The first-order valence-corrected chi connectivity index (χ1v) is 11.6. The zero-order valence-corrected chi connectivity index (χ0v) is 18.0. The number of benzene rings is 1. The van der Waals surface area contributed by atoms with Gasteiger partial charge in [-0.25, -0.2) is 0 Å². The van der Waals surface area contributed by atoms with Gasteiger partial charge in [-0.1, -0.05) is 25.3 Å². The largest absolute Gasteiger partial charge is 0.379 e. The molecule has 7 heteroatoms. The van der Waals surface area contributed by atoms with E-state index in [0.29, 0.717) is 22.7 Å². The van der Waals surface area contributed by atoms with Crippen LogP contribution in [0.3, 0.4) is 0 Å². The Bertz CT molecular complexity index is 839. The maximum atomic E-state index is 12.8. The molecule has 1 aliphatic heterocycles. The lowest BCUT2D eigenvalue weighted by Crippen LogP contribution is -2.59. The number of hydrogen-bond acceptors (Lipinski definition) is 5. The van der Waals surface area contributed by atoms with E-state index < -0.39 is 0 Å². The number of carbonyl (C=O) groups excluding carboxylic acids is 2. The van der Waals surface area contributed by atoms with Crippen molar-refractivity contribution in [3.63, 3.8) is 0 Å². The van der Waals surface area contributed by atoms with Crippen molar-refractivity contribution >= 4 is 28.8 Å². The summed E-state index contributed by atoms with van der Waals surface area (Å²) in [4.78, 5) is 28.1. The van der Waals surface area contributed by atoms with Gasteiger partial charge in [-0.3, -0.25) is 14.5 Å². The molecule has 0 atom stereocenters. The second-order valence-electron chi connectivity index (χ2n) is 8.08. The van der Waals surface area contributed by atoms with Crippen LogP contribution in [-0.2, 0) is 4.74 Å². The number of amides is 2. The van der Waals surface area contributed by atoms with E-state index in [1.54, 1.807) is 30.3 Å². The van der Waals surface area contributed by atoms with Crippen molar-refractivity contribution in [3.8, 4) is 0 Å². The van der Waals surface area contributed by atoms with Gasteiger partial charge in [-0.05, 0) is 48.6 Å². The molecule has 2 amide bonds. The van der Waals surface area contributed by atoms with Gasteiger partial charge in [0.2, 0.25) is 0 Å². The third-order valence-corrected chi connectivity index (χ3v) is 7.06. The molecule has 1 aliphatic carbocycles. The molecule has 0 bridgehead atoms. The minimum atomic E-state index is -0.132. The molecule has 2 aromatic rings. The number of ether oxygens (including phenoxy) is 1. The lowest BCUT2D eigenvalue weighted by Gasteiger charge is -2.48. The first-order chi connectivity index (χ1) is 14.7. The van der Waals surface area contributed by atoms with E-state index >= 15 is 0 Å². The number of carbonyl (C=O) groups is 2. The smallest absolute Gasteiger partial charge is 0.265 e. The number of thiophene rings is 1. The van der Waals surface area contributed by atoms with Crippen molar-refractivity contribution in [3.05, 3.63) is 52.2 Å². The van der Waals surface area contributed by atoms with E-state index in [1.807, 2.05) is 11.4 Å². The molecule has 0 spiro atoms. The molecule has 4 rings (SSSR count). The SMILES string of the molecule is O=C(NCC1(N2CCOCC2)CCCCC1)c1ccc(NC(=O)c2cccs2)cc1. The highest BCUT2D eigenvalue weighted by Gasteiger charge is 2.38. The second-order valence-corrected chi connectivity index (χ2v) is 9.02. The van der Waals surface area contributed by atoms with E-state index in [9.17, 15) is 9.59 Å². The maximum Gasteiger partial charge on any atom is 0.265 e. The minimum absolute atomic E-state index is 0.0479. The van der Waals surface area contributed by atoms with E-state index in [-0.39, 0.29) is 17.4 Å². The normalized spacial score (nSPS) is 19.2. The molecule has 1 saturated heterocycles. The molecule has 0 unspecified atom stereocenters. The van der Waals surface area contributed by atoms with Gasteiger partial charge in [0.05, 0.1) is 18.1 Å². The van der Waals surface area contributed by atoms with Crippen molar-refractivity contribution in [1.29, 1.82) is 0 Å². The van der Waals surface area contributed by atoms with Crippen LogP contribution in [0.4, 0.5) is 5.69 Å². The Morgan fingerprint density at radius 2 is 1.73 bits per heavy atom. The molecule has 6 nitrogen and oxygen atoms in total. The molecule has 2 aliphatic rings. The monoisotopic (exact) mass is 427 g/mol. The average molecular weight is 428 g/mol. The number of morpholine rings is 1. The summed E-state index contributed by atoms with van der Waals surface area (Å²) in [6.45, 7) is 4.09. The summed E-state index contributed by atoms with van der Waals surface area (Å²) >= 11 is 1.40. The van der Waals surface area contributed by atoms with Crippen molar-refractivity contribution < 1.29 is 14.3 Å². The Morgan fingerprint density at radius 1 is 1.00 bits per heavy atom. The zero-order valence-electron chi connectivity index (χ0n) is 17.2. The fourth-order valence-electron chi connectivity index (χ4n) is 4.50. The third kappa shape index (κ3) is 4.91. The quantitative estimate of drug-likeness (QED) is 0.736. The molecular formula is C23H29N3O3S. The van der Waals surface area contributed by atoms with Crippen LogP contribution < -0.4 is 10.6 Å². The summed E-state index contributed by atoms with van der Waals surface area (Å²) in [5.41, 5.74) is 1.34. The molecule has 2 heterocycles. The van der Waals surface area contributed by atoms with Gasteiger partial charge in [-0.2, -0.15) is 0 Å². The molecule has 2 fully saturated rings. The predicted octanol–water partition coefficient (Wildman–Crippen LogP) is 3.77. The zero-order chi connectivity index (χ0) is 20.8. The number of rotatable bonds is 6. The minimum Gasteiger partial charge on any atom is -0.379 e. The number of hydrogen-bond donors (Lipinski definition) is 2. The highest BCUT2D eigenvalue weighted by molar-refractivity contribution is 7.12. The third-order valence-electron chi connectivity index (χ3n) is 6.19. The van der Waals surface area contributed by atoms with Crippen LogP contribution in [0, 0.1) is 0 Å². The lowest BCUT2D eigenvalue weighted by atomic mass is 9.79. The summed E-state index contributed by atoms with van der Waals surface area (Å²) < 4.78 is 5.53. The summed E-state index contributed by atoms with van der Waals surface area (Å²) in [7, 11) is 0. The Hall–Kier alpha value is -2.22. The Labute approximate surface area is 181 Å². The highest BCUT2D eigenvalue weighted by atomic mass is 32.1. The molecule has 2 N–H and O–H groups in total. The highest BCUT2D eigenvalue weighted by Crippen LogP contribution is 2.34. The van der Waals surface area contributed by atoms with Gasteiger partial charge >= 0.3 is 0 Å². The van der Waals surface area contributed by atoms with E-state index in [1.165, 1.54) is 30.6 Å². The van der Waals surface area contributed by atoms with Crippen LogP contribution in [0.1, 0.15) is 52.1 Å². The van der Waals surface area contributed by atoms with Gasteiger partial charge in [0.25, 0.3) is 11.8 Å². The Balaban J connectivity index is 1.36. The van der Waals surface area contributed by atoms with Gasteiger partial charge < -0.3 is 15.4 Å². The summed E-state index contributed by atoms with van der Waals surface area (Å²) in [5, 5.41) is 7.92. The van der Waals surface area contributed by atoms with Crippen LogP contribution in [0.15, 0.2) is 41.8 Å². The number of nitrogens with one attached hydrogen (secondary N) is 2. The fourth-order valence-corrected chi connectivity index (χ4v) is 5.12. The Kier molecular flexibility index (Phi) is 6.82. The second kappa shape index (κ2) is 9.73. The van der Waals surface area contributed by atoms with Gasteiger partial charge in [0.1, 0.15) is 0 Å². The molecular weight excluding hydrogens is 398 g/mol. The number of nitrogens with zero attached hydrogens (tertiary/aromatic N) is 1. The summed E-state index contributed by atoms with van der Waals surface area (Å²) in [6, 6.07) is 10.7. The molecule has 160 valence electrons. The van der Waals surface area contributed by atoms with E-state index in [0.717, 1.165) is 39.1 Å². The van der Waals surface area contributed by atoms with Gasteiger partial charge in [0, 0.05) is 36.4 Å². The summed E-state index contributed by atoms with van der Waals surface area (Å²) in [6.07, 6.45) is 5.96. The van der Waals surface area contributed by atoms with Crippen LogP contribution in [0.25, 0.3) is 0 Å². The molecule has 30 heavy (non-hydrogen) atoms. The van der Waals surface area contributed by atoms with E-state index in [2.05, 4.69) is 15.5 Å². The van der Waals surface area contributed by atoms with Crippen LogP contribution in [0.2, 0.25) is 0 Å². The predicted molar refractivity (Wildman–Crippen MR) is 119 cm³/mol. The van der Waals surface area contributed by atoms with Crippen molar-refractivity contribution in [1.82, 2.24) is 10.2 Å². The van der Waals surface area contributed by atoms with Crippen molar-refractivity contribution in [2.24, 2.45) is 0 Å². The van der Waals surface area contributed by atoms with Gasteiger partial charge in [0.15, 0.2) is 0 Å². The lowest BCUT2D eigenvalue weighted by molar-refractivity contribution is -0.0361. The fraction of sp³-hybridized carbons (Fsp3) is 0.478. The topological polar surface area (TPSA) is 70.7 Å². The molecule has 1 aromatic heterocycles. The van der Waals surface area contributed by atoms with E-state index in [4.69, 9.17) is 4.74 Å². The molecule has 1 saturated carbocycles. The average Bonchev–Trinajstić information content (AvgIpc) is 3.34. The van der Waals surface area contributed by atoms with Crippen LogP contribution >= 0.6 is 11.3 Å². The molecule has 1 aromatic carbocycles. The Morgan fingerprint density at radius 3 is 2.40 bits per heavy atom. The first kappa shape index (κ1) is 21.0. The maximum absolute atomic E-state index is 12.8. The van der Waals surface area contributed by atoms with Crippen molar-refractivity contribution in [2.45, 2.75) is 37.6 Å². The van der Waals surface area contributed by atoms with Crippen LogP contribution in [-0.4, -0.2) is 55.1 Å². The first-order valence-electron chi connectivity index (χ1n) is 10.7.